The Morgan fingerprint density at radius 3 is 2.81 bits per heavy atom. The van der Waals surface area contributed by atoms with Crippen molar-refractivity contribution in [2.24, 2.45) is 5.92 Å². The lowest BCUT2D eigenvalue weighted by Crippen LogP contribution is -2.30. The summed E-state index contributed by atoms with van der Waals surface area (Å²) in [6.07, 6.45) is 9.28. The van der Waals surface area contributed by atoms with Crippen LogP contribution in [-0.4, -0.2) is 25.8 Å². The maximum Gasteiger partial charge on any atom is 0.0478 e. The Kier molecular flexibility index (Phi) is 7.87. The lowest BCUT2D eigenvalue weighted by Gasteiger charge is -2.16. The van der Waals surface area contributed by atoms with Crippen molar-refractivity contribution in [1.82, 2.24) is 5.32 Å². The minimum Gasteiger partial charge on any atom is -0.381 e. The fraction of sp³-hybridized carbons (Fsp3) is 1.00. The van der Waals surface area contributed by atoms with Crippen molar-refractivity contribution >= 4 is 0 Å². The first-order valence-corrected chi connectivity index (χ1v) is 7.14. The lowest BCUT2D eigenvalue weighted by atomic mass is 10.0. The first-order valence-electron chi connectivity index (χ1n) is 7.14. The Labute approximate surface area is 101 Å². The van der Waals surface area contributed by atoms with Crippen LogP contribution in [0.5, 0.6) is 0 Å². The van der Waals surface area contributed by atoms with Crippen LogP contribution < -0.4 is 5.32 Å². The lowest BCUT2D eigenvalue weighted by molar-refractivity contribution is 0.131. The molecule has 1 fully saturated rings. The predicted molar refractivity (Wildman–Crippen MR) is 69.8 cm³/mol. The molecule has 0 aromatic heterocycles. The zero-order valence-corrected chi connectivity index (χ0v) is 11.1. The van der Waals surface area contributed by atoms with E-state index in [1.165, 1.54) is 32.1 Å². The van der Waals surface area contributed by atoms with Gasteiger partial charge in [-0.1, -0.05) is 26.7 Å². The summed E-state index contributed by atoms with van der Waals surface area (Å²) < 4.78 is 5.47. The highest BCUT2D eigenvalue weighted by molar-refractivity contribution is 4.73. The molecule has 0 heterocycles. The highest BCUT2D eigenvalue weighted by atomic mass is 16.5. The summed E-state index contributed by atoms with van der Waals surface area (Å²) in [4.78, 5) is 0. The minimum atomic E-state index is 0.774. The Morgan fingerprint density at radius 1 is 1.12 bits per heavy atom. The van der Waals surface area contributed by atoms with E-state index >= 15 is 0 Å². The maximum atomic E-state index is 5.47. The second-order valence-electron chi connectivity index (χ2n) is 5.23. The van der Waals surface area contributed by atoms with Crippen LogP contribution in [0.15, 0.2) is 0 Å². The molecule has 0 aromatic carbocycles. The monoisotopic (exact) mass is 227 g/mol. The number of rotatable bonds is 7. The Hall–Kier alpha value is -0.0800. The molecule has 0 amide bonds. The number of ether oxygens (including phenoxy) is 1. The summed E-state index contributed by atoms with van der Waals surface area (Å²) in [5.74, 6) is 0.944. The number of hydrogen-bond acceptors (Lipinski definition) is 2. The zero-order chi connectivity index (χ0) is 11.6. The Morgan fingerprint density at radius 2 is 2.00 bits per heavy atom. The van der Waals surface area contributed by atoms with Gasteiger partial charge in [0.1, 0.15) is 0 Å². The smallest absolute Gasteiger partial charge is 0.0478 e. The van der Waals surface area contributed by atoms with E-state index in [9.17, 15) is 0 Å². The summed E-state index contributed by atoms with van der Waals surface area (Å²) in [5.41, 5.74) is 0. The largest absolute Gasteiger partial charge is 0.381 e. The van der Waals surface area contributed by atoms with Gasteiger partial charge >= 0.3 is 0 Å². The average molecular weight is 227 g/mol. The third-order valence-electron chi connectivity index (χ3n) is 3.50. The van der Waals surface area contributed by atoms with Gasteiger partial charge in [-0.3, -0.25) is 0 Å². The van der Waals surface area contributed by atoms with Crippen LogP contribution in [0, 0.1) is 5.92 Å². The van der Waals surface area contributed by atoms with E-state index in [0.717, 1.165) is 44.6 Å². The second kappa shape index (κ2) is 9.00. The zero-order valence-electron chi connectivity index (χ0n) is 11.1. The van der Waals surface area contributed by atoms with E-state index < -0.39 is 0 Å². The van der Waals surface area contributed by atoms with Gasteiger partial charge in [-0.25, -0.2) is 0 Å². The average Bonchev–Trinajstić information content (AvgIpc) is 2.49. The van der Waals surface area contributed by atoms with Crippen molar-refractivity contribution in [3.8, 4) is 0 Å². The molecule has 2 atom stereocenters. The summed E-state index contributed by atoms with van der Waals surface area (Å²) in [6, 6.07) is 0.774. The highest BCUT2D eigenvalue weighted by Gasteiger charge is 2.14. The molecule has 1 aliphatic carbocycles. The minimum absolute atomic E-state index is 0.774. The topological polar surface area (TPSA) is 21.3 Å². The molecule has 0 radical (unpaired) electrons. The molecule has 0 aromatic rings. The molecule has 2 nitrogen and oxygen atoms in total. The standard InChI is InChI=1S/C14H29NO/c1-3-11-16-12-5-10-15-14-7-4-6-13(2)8-9-14/h13-15H,3-12H2,1-2H3. The van der Waals surface area contributed by atoms with Gasteiger partial charge in [0, 0.05) is 19.3 Å². The van der Waals surface area contributed by atoms with E-state index in [2.05, 4.69) is 19.2 Å². The normalized spacial score (nSPS) is 26.6. The molecule has 0 saturated heterocycles. The summed E-state index contributed by atoms with van der Waals surface area (Å²) in [5, 5.41) is 3.68. The van der Waals surface area contributed by atoms with Crippen LogP contribution in [0.1, 0.15) is 58.8 Å². The number of nitrogens with one attached hydrogen (secondary N) is 1. The van der Waals surface area contributed by atoms with E-state index in [1.807, 2.05) is 0 Å². The van der Waals surface area contributed by atoms with Gasteiger partial charge in [-0.2, -0.15) is 0 Å². The molecule has 16 heavy (non-hydrogen) atoms. The number of hydrogen-bond donors (Lipinski definition) is 1. The van der Waals surface area contributed by atoms with Crippen molar-refractivity contribution in [2.45, 2.75) is 64.8 Å². The van der Waals surface area contributed by atoms with Gasteiger partial charge in [0.2, 0.25) is 0 Å². The first kappa shape index (κ1) is 14.0. The molecule has 0 spiro atoms. The van der Waals surface area contributed by atoms with Crippen molar-refractivity contribution in [3.05, 3.63) is 0 Å². The van der Waals surface area contributed by atoms with Crippen molar-refractivity contribution < 1.29 is 4.74 Å². The van der Waals surface area contributed by atoms with Crippen LogP contribution in [-0.2, 0) is 4.74 Å². The molecule has 1 saturated carbocycles. The first-order chi connectivity index (χ1) is 7.83. The Balaban J connectivity index is 1.95. The summed E-state index contributed by atoms with van der Waals surface area (Å²) in [7, 11) is 0. The van der Waals surface area contributed by atoms with E-state index in [1.54, 1.807) is 0 Å². The van der Waals surface area contributed by atoms with Crippen LogP contribution in [0.2, 0.25) is 0 Å². The molecule has 2 heteroatoms. The van der Waals surface area contributed by atoms with E-state index in [0.29, 0.717) is 0 Å². The molecule has 0 bridgehead atoms. The molecule has 1 rings (SSSR count). The van der Waals surface area contributed by atoms with Crippen LogP contribution in [0.3, 0.4) is 0 Å². The molecular formula is C14H29NO. The summed E-state index contributed by atoms with van der Waals surface area (Å²) >= 11 is 0. The predicted octanol–water partition coefficient (Wildman–Crippen LogP) is 3.36. The molecule has 0 aliphatic heterocycles. The van der Waals surface area contributed by atoms with E-state index in [4.69, 9.17) is 4.74 Å². The molecule has 2 unspecified atom stereocenters. The van der Waals surface area contributed by atoms with Crippen molar-refractivity contribution in [3.63, 3.8) is 0 Å². The third kappa shape index (κ3) is 6.49. The van der Waals surface area contributed by atoms with Gasteiger partial charge in [0.25, 0.3) is 0 Å². The van der Waals surface area contributed by atoms with E-state index in [-0.39, 0.29) is 0 Å². The fourth-order valence-corrected chi connectivity index (χ4v) is 2.42. The van der Waals surface area contributed by atoms with Crippen molar-refractivity contribution in [2.75, 3.05) is 19.8 Å². The fourth-order valence-electron chi connectivity index (χ4n) is 2.42. The van der Waals surface area contributed by atoms with Crippen LogP contribution in [0.25, 0.3) is 0 Å². The summed E-state index contributed by atoms with van der Waals surface area (Å²) in [6.45, 7) is 7.51. The van der Waals surface area contributed by atoms with Gasteiger partial charge in [-0.15, -0.1) is 0 Å². The SMILES string of the molecule is CCCOCCCNC1CCCC(C)CC1. The molecular weight excluding hydrogens is 198 g/mol. The van der Waals surface area contributed by atoms with Gasteiger partial charge < -0.3 is 10.1 Å². The molecule has 1 aliphatic rings. The maximum absolute atomic E-state index is 5.47. The van der Waals surface area contributed by atoms with Gasteiger partial charge in [-0.05, 0) is 44.6 Å². The third-order valence-corrected chi connectivity index (χ3v) is 3.50. The molecule has 96 valence electrons. The molecule has 1 N–H and O–H groups in total. The van der Waals surface area contributed by atoms with Crippen LogP contribution in [0.4, 0.5) is 0 Å². The van der Waals surface area contributed by atoms with Crippen molar-refractivity contribution in [1.29, 1.82) is 0 Å². The quantitative estimate of drug-likeness (QED) is 0.532. The highest BCUT2D eigenvalue weighted by Crippen LogP contribution is 2.22. The van der Waals surface area contributed by atoms with Gasteiger partial charge in [0.15, 0.2) is 0 Å². The Bertz CT molecular complexity index is 161. The van der Waals surface area contributed by atoms with Gasteiger partial charge in [0.05, 0.1) is 0 Å². The second-order valence-corrected chi connectivity index (χ2v) is 5.23. The van der Waals surface area contributed by atoms with Crippen LogP contribution >= 0.6 is 0 Å².